The van der Waals surface area contributed by atoms with Gasteiger partial charge < -0.3 is 5.73 Å². The predicted molar refractivity (Wildman–Crippen MR) is 87.7 cm³/mol. The number of hydrogen-bond acceptors (Lipinski definition) is 4. The molecule has 0 saturated carbocycles. The molecule has 3 rings (SSSR count). The number of rotatable bonds is 2. The van der Waals surface area contributed by atoms with Gasteiger partial charge in [0, 0.05) is 6.20 Å². The zero-order valence-electron chi connectivity index (χ0n) is 13.0. The van der Waals surface area contributed by atoms with E-state index < -0.39 is 0 Å². The quantitative estimate of drug-likeness (QED) is 0.787. The van der Waals surface area contributed by atoms with Crippen molar-refractivity contribution in [2.45, 2.75) is 26.2 Å². The van der Waals surface area contributed by atoms with Crippen LogP contribution < -0.4 is 5.73 Å². The van der Waals surface area contributed by atoms with E-state index in [0.29, 0.717) is 11.5 Å². The lowest BCUT2D eigenvalue weighted by molar-refractivity contribution is 0.590. The van der Waals surface area contributed by atoms with Crippen molar-refractivity contribution in [1.82, 2.24) is 20.0 Å². The van der Waals surface area contributed by atoms with E-state index >= 15 is 0 Å². The molecule has 5 heteroatoms. The summed E-state index contributed by atoms with van der Waals surface area (Å²) >= 11 is 0. The molecule has 0 radical (unpaired) electrons. The van der Waals surface area contributed by atoms with Crippen LogP contribution in [-0.4, -0.2) is 20.0 Å². The number of nitrogen functional groups attached to an aromatic ring is 1. The Labute approximate surface area is 129 Å². The molecule has 0 aliphatic carbocycles. The Morgan fingerprint density at radius 3 is 2.32 bits per heavy atom. The fourth-order valence-electron chi connectivity index (χ4n) is 2.27. The second-order valence-corrected chi connectivity index (χ2v) is 6.25. The molecule has 2 N–H and O–H groups in total. The predicted octanol–water partition coefficient (Wildman–Crippen LogP) is 3.21. The fourth-order valence-corrected chi connectivity index (χ4v) is 2.27. The summed E-state index contributed by atoms with van der Waals surface area (Å²) in [6.45, 7) is 6.56. The Kier molecular flexibility index (Phi) is 3.41. The molecule has 5 nitrogen and oxygen atoms in total. The average molecular weight is 293 g/mol. The molecule has 0 aliphatic rings. The van der Waals surface area contributed by atoms with Crippen molar-refractivity contribution in [1.29, 1.82) is 0 Å². The number of pyridine rings is 1. The Morgan fingerprint density at radius 1 is 1.00 bits per heavy atom. The molecule has 0 amide bonds. The third kappa shape index (κ3) is 2.57. The summed E-state index contributed by atoms with van der Waals surface area (Å²) in [7, 11) is 0. The van der Waals surface area contributed by atoms with Crippen LogP contribution >= 0.6 is 0 Å². The highest BCUT2D eigenvalue weighted by atomic mass is 15.5. The smallest absolute Gasteiger partial charge is 0.157 e. The number of nitrogens with zero attached hydrogens (tertiary/aromatic N) is 4. The third-order valence-electron chi connectivity index (χ3n) is 3.59. The first-order valence-corrected chi connectivity index (χ1v) is 7.20. The maximum Gasteiger partial charge on any atom is 0.157 e. The number of aromatic nitrogens is 4. The number of hydrogen-bond donors (Lipinski definition) is 1. The van der Waals surface area contributed by atoms with E-state index in [4.69, 9.17) is 5.73 Å². The lowest BCUT2D eigenvalue weighted by Gasteiger charge is -2.19. The molecule has 22 heavy (non-hydrogen) atoms. The van der Waals surface area contributed by atoms with Gasteiger partial charge in [0.15, 0.2) is 11.5 Å². The summed E-state index contributed by atoms with van der Waals surface area (Å²) in [4.78, 5) is 4.27. The van der Waals surface area contributed by atoms with Crippen molar-refractivity contribution >= 4 is 5.82 Å². The van der Waals surface area contributed by atoms with Gasteiger partial charge in [-0.2, -0.15) is 4.68 Å². The Hall–Kier alpha value is -2.69. The zero-order valence-corrected chi connectivity index (χ0v) is 13.0. The summed E-state index contributed by atoms with van der Waals surface area (Å²) in [5, 5.41) is 8.31. The van der Waals surface area contributed by atoms with Crippen molar-refractivity contribution in [3.05, 3.63) is 54.2 Å². The molecular formula is C17H19N5. The summed E-state index contributed by atoms with van der Waals surface area (Å²) < 4.78 is 1.64. The molecule has 0 bridgehead atoms. The lowest BCUT2D eigenvalue weighted by atomic mass is 9.87. The minimum Gasteiger partial charge on any atom is -0.382 e. The maximum atomic E-state index is 6.19. The van der Waals surface area contributed by atoms with Crippen LogP contribution in [0.3, 0.4) is 0 Å². The standard InChI is InChI=1S/C17H19N5/c1-17(2,3)12-7-9-13(10-8-12)22-16(18)15(20-21-22)14-6-4-5-11-19-14/h4-11H,18H2,1-3H3. The number of anilines is 1. The molecule has 0 fully saturated rings. The highest BCUT2D eigenvalue weighted by Gasteiger charge is 2.16. The average Bonchev–Trinajstić information content (AvgIpc) is 2.89. The molecule has 0 spiro atoms. The van der Waals surface area contributed by atoms with E-state index in [1.807, 2.05) is 30.3 Å². The van der Waals surface area contributed by atoms with E-state index in [9.17, 15) is 0 Å². The summed E-state index contributed by atoms with van der Waals surface area (Å²) in [5.41, 5.74) is 9.78. The van der Waals surface area contributed by atoms with E-state index in [0.717, 1.165) is 11.4 Å². The molecule has 1 aromatic carbocycles. The largest absolute Gasteiger partial charge is 0.382 e. The van der Waals surface area contributed by atoms with Crippen LogP contribution in [0.25, 0.3) is 17.1 Å². The van der Waals surface area contributed by atoms with Gasteiger partial charge in [-0.15, -0.1) is 5.10 Å². The number of nitrogens with two attached hydrogens (primary N) is 1. The van der Waals surface area contributed by atoms with Crippen molar-refractivity contribution in [2.24, 2.45) is 0 Å². The van der Waals surface area contributed by atoms with Crippen LogP contribution in [0.1, 0.15) is 26.3 Å². The highest BCUT2D eigenvalue weighted by Crippen LogP contribution is 2.26. The van der Waals surface area contributed by atoms with Crippen molar-refractivity contribution in [3.63, 3.8) is 0 Å². The van der Waals surface area contributed by atoms with Crippen molar-refractivity contribution in [2.75, 3.05) is 5.73 Å². The molecule has 0 aliphatic heterocycles. The minimum absolute atomic E-state index is 0.117. The van der Waals surface area contributed by atoms with E-state index in [-0.39, 0.29) is 5.41 Å². The molecule has 0 atom stereocenters. The first-order chi connectivity index (χ1) is 10.5. The van der Waals surface area contributed by atoms with Gasteiger partial charge >= 0.3 is 0 Å². The Balaban J connectivity index is 1.98. The maximum absolute atomic E-state index is 6.19. The first-order valence-electron chi connectivity index (χ1n) is 7.20. The van der Waals surface area contributed by atoms with Crippen LogP contribution in [0.15, 0.2) is 48.7 Å². The summed E-state index contributed by atoms with van der Waals surface area (Å²) in [6.07, 6.45) is 1.71. The van der Waals surface area contributed by atoms with Crippen LogP contribution in [-0.2, 0) is 5.41 Å². The SMILES string of the molecule is CC(C)(C)c1ccc(-n2nnc(-c3ccccn3)c2N)cc1. The van der Waals surface area contributed by atoms with Gasteiger partial charge in [-0.05, 0) is 35.2 Å². The molecule has 2 aromatic heterocycles. The van der Waals surface area contributed by atoms with Crippen LogP contribution in [0.5, 0.6) is 0 Å². The Morgan fingerprint density at radius 2 is 1.73 bits per heavy atom. The molecule has 2 heterocycles. The molecule has 112 valence electrons. The molecule has 0 unspecified atom stereocenters. The zero-order chi connectivity index (χ0) is 15.7. The van der Waals surface area contributed by atoms with Gasteiger partial charge in [0.05, 0.1) is 11.4 Å². The number of benzene rings is 1. The molecular weight excluding hydrogens is 274 g/mol. The van der Waals surface area contributed by atoms with Crippen LogP contribution in [0.2, 0.25) is 0 Å². The van der Waals surface area contributed by atoms with Gasteiger partial charge in [-0.3, -0.25) is 4.98 Å². The first kappa shape index (κ1) is 14.3. The van der Waals surface area contributed by atoms with Gasteiger partial charge in [-0.1, -0.05) is 44.2 Å². The minimum atomic E-state index is 0.117. The van der Waals surface area contributed by atoms with Crippen LogP contribution in [0, 0.1) is 0 Å². The van der Waals surface area contributed by atoms with Gasteiger partial charge in [-0.25, -0.2) is 0 Å². The van der Waals surface area contributed by atoms with E-state index in [1.165, 1.54) is 5.56 Å². The second-order valence-electron chi connectivity index (χ2n) is 6.25. The summed E-state index contributed by atoms with van der Waals surface area (Å²) in [6, 6.07) is 13.8. The van der Waals surface area contributed by atoms with Crippen LogP contribution in [0.4, 0.5) is 5.82 Å². The molecule has 0 saturated heterocycles. The van der Waals surface area contributed by atoms with E-state index in [2.05, 4.69) is 48.2 Å². The van der Waals surface area contributed by atoms with Gasteiger partial charge in [0.25, 0.3) is 0 Å². The van der Waals surface area contributed by atoms with Crippen molar-refractivity contribution in [3.8, 4) is 17.1 Å². The summed E-state index contributed by atoms with van der Waals surface area (Å²) in [5.74, 6) is 0.488. The van der Waals surface area contributed by atoms with E-state index in [1.54, 1.807) is 10.9 Å². The topological polar surface area (TPSA) is 69.6 Å². The van der Waals surface area contributed by atoms with Gasteiger partial charge in [0.2, 0.25) is 0 Å². The fraction of sp³-hybridized carbons (Fsp3) is 0.235. The Bertz CT molecular complexity index is 767. The normalized spacial score (nSPS) is 11.6. The third-order valence-corrected chi connectivity index (χ3v) is 3.59. The lowest BCUT2D eigenvalue weighted by Crippen LogP contribution is -2.11. The van der Waals surface area contributed by atoms with Crippen molar-refractivity contribution < 1.29 is 0 Å². The monoisotopic (exact) mass is 293 g/mol. The second kappa shape index (κ2) is 5.26. The highest BCUT2D eigenvalue weighted by molar-refractivity contribution is 5.67. The molecule has 3 aromatic rings. The van der Waals surface area contributed by atoms with Gasteiger partial charge in [0.1, 0.15) is 0 Å².